The van der Waals surface area contributed by atoms with Crippen molar-refractivity contribution in [3.63, 3.8) is 0 Å². The zero-order valence-electron chi connectivity index (χ0n) is 9.08. The van der Waals surface area contributed by atoms with Crippen molar-refractivity contribution in [2.45, 2.75) is 39.3 Å². The molecule has 0 aliphatic heterocycles. The lowest BCUT2D eigenvalue weighted by Crippen LogP contribution is -2.36. The van der Waals surface area contributed by atoms with Gasteiger partial charge in [0.2, 0.25) is 6.08 Å². The molecular weight excluding hydrogens is 198 g/mol. The van der Waals surface area contributed by atoms with Crippen LogP contribution in [0.15, 0.2) is 4.99 Å². The number of isocyanates is 1. The fraction of sp³-hybridized carbons (Fsp3) is 0.889. The molecule has 0 fully saturated rings. The molecule has 0 spiro atoms. The van der Waals surface area contributed by atoms with Gasteiger partial charge in [0.25, 0.3) is 0 Å². The molecule has 4 nitrogen and oxygen atoms in total. The topological polar surface area (TPSA) is 47.9 Å². The van der Waals surface area contributed by atoms with E-state index in [1.165, 1.54) is 0 Å². The Morgan fingerprint density at radius 2 is 1.86 bits per heavy atom. The summed E-state index contributed by atoms with van der Waals surface area (Å²) in [5, 5.41) is 0. The SMILES string of the molecule is CCCC(N=C=O)[Si](OCC)OCC. The molecule has 0 aromatic heterocycles. The Hall–Kier alpha value is -0.483. The van der Waals surface area contributed by atoms with Crippen LogP contribution in [0.5, 0.6) is 0 Å². The van der Waals surface area contributed by atoms with Gasteiger partial charge in [0, 0.05) is 13.2 Å². The molecule has 5 heteroatoms. The summed E-state index contributed by atoms with van der Waals surface area (Å²) >= 11 is 0. The van der Waals surface area contributed by atoms with Crippen molar-refractivity contribution in [2.75, 3.05) is 13.2 Å². The lowest BCUT2D eigenvalue weighted by molar-refractivity contribution is 0.203. The average molecular weight is 216 g/mol. The Bertz CT molecular complexity index is 177. The summed E-state index contributed by atoms with van der Waals surface area (Å²) in [6.07, 6.45) is 3.38. The molecule has 0 heterocycles. The quantitative estimate of drug-likeness (QED) is 0.352. The largest absolute Gasteiger partial charge is 0.412 e. The van der Waals surface area contributed by atoms with Gasteiger partial charge in [-0.15, -0.1) is 0 Å². The number of hydrogen-bond donors (Lipinski definition) is 0. The molecular formula is C9H18NO3Si. The molecule has 14 heavy (non-hydrogen) atoms. The first-order valence-electron chi connectivity index (χ1n) is 4.99. The third-order valence-corrected chi connectivity index (χ3v) is 3.72. The van der Waals surface area contributed by atoms with Gasteiger partial charge >= 0.3 is 9.28 Å². The lowest BCUT2D eigenvalue weighted by Gasteiger charge is -2.18. The molecule has 0 saturated carbocycles. The molecule has 1 radical (unpaired) electrons. The number of rotatable bonds is 8. The van der Waals surface area contributed by atoms with Crippen molar-refractivity contribution in [3.8, 4) is 0 Å². The monoisotopic (exact) mass is 216 g/mol. The van der Waals surface area contributed by atoms with E-state index in [-0.39, 0.29) is 5.67 Å². The minimum absolute atomic E-state index is 0.123. The van der Waals surface area contributed by atoms with E-state index in [0.29, 0.717) is 13.2 Å². The van der Waals surface area contributed by atoms with E-state index in [4.69, 9.17) is 8.85 Å². The fourth-order valence-electron chi connectivity index (χ4n) is 1.09. The summed E-state index contributed by atoms with van der Waals surface area (Å²) in [4.78, 5) is 14.0. The van der Waals surface area contributed by atoms with Crippen LogP contribution in [-0.4, -0.2) is 34.2 Å². The van der Waals surface area contributed by atoms with Crippen LogP contribution in [0.3, 0.4) is 0 Å². The Labute approximate surface area is 87.2 Å². The van der Waals surface area contributed by atoms with Crippen LogP contribution in [0.1, 0.15) is 33.6 Å². The first-order valence-corrected chi connectivity index (χ1v) is 6.38. The van der Waals surface area contributed by atoms with Gasteiger partial charge in [-0.3, -0.25) is 0 Å². The second-order valence-electron chi connectivity index (χ2n) is 2.71. The highest BCUT2D eigenvalue weighted by Gasteiger charge is 2.26. The molecule has 0 rings (SSSR count). The maximum atomic E-state index is 10.2. The van der Waals surface area contributed by atoms with Crippen LogP contribution >= 0.6 is 0 Å². The highest BCUT2D eigenvalue weighted by molar-refractivity contribution is 6.46. The van der Waals surface area contributed by atoms with Gasteiger partial charge in [0.15, 0.2) is 0 Å². The van der Waals surface area contributed by atoms with Crippen LogP contribution in [0.4, 0.5) is 0 Å². The maximum Gasteiger partial charge on any atom is 0.412 e. The van der Waals surface area contributed by atoms with Gasteiger partial charge in [-0.2, -0.15) is 0 Å². The lowest BCUT2D eigenvalue weighted by atomic mass is 10.3. The van der Waals surface area contributed by atoms with Crippen molar-refractivity contribution in [3.05, 3.63) is 0 Å². The van der Waals surface area contributed by atoms with Crippen molar-refractivity contribution in [1.29, 1.82) is 0 Å². The standard InChI is InChI=1S/C9H18NO3Si/c1-4-7-9(10-8-11)14(12-5-2)13-6-3/h9H,4-7H2,1-3H3. The zero-order chi connectivity index (χ0) is 10.8. The predicted octanol–water partition coefficient (Wildman–Crippen LogP) is 1.59. The molecule has 81 valence electrons. The van der Waals surface area contributed by atoms with Gasteiger partial charge in [-0.1, -0.05) is 13.3 Å². The van der Waals surface area contributed by atoms with Crippen molar-refractivity contribution >= 4 is 15.4 Å². The second-order valence-corrected chi connectivity index (χ2v) is 4.59. The smallest absolute Gasteiger partial charge is 0.392 e. The van der Waals surface area contributed by atoms with Crippen LogP contribution < -0.4 is 0 Å². The molecule has 0 aliphatic carbocycles. The summed E-state index contributed by atoms with van der Waals surface area (Å²) in [6, 6.07) is 0. The van der Waals surface area contributed by atoms with Gasteiger partial charge in [0.1, 0.15) is 5.67 Å². The number of aliphatic imine (C=N–C) groups is 1. The summed E-state index contributed by atoms with van der Waals surface area (Å²) in [6.45, 7) is 7.07. The Morgan fingerprint density at radius 3 is 2.21 bits per heavy atom. The van der Waals surface area contributed by atoms with E-state index in [9.17, 15) is 4.79 Å². The minimum Gasteiger partial charge on any atom is -0.392 e. The Balaban J connectivity index is 4.27. The van der Waals surface area contributed by atoms with Crippen LogP contribution in [0, 0.1) is 0 Å². The van der Waals surface area contributed by atoms with Crippen molar-refractivity contribution in [2.24, 2.45) is 4.99 Å². The van der Waals surface area contributed by atoms with Crippen molar-refractivity contribution in [1.82, 2.24) is 0 Å². The molecule has 0 aromatic rings. The van der Waals surface area contributed by atoms with Gasteiger partial charge in [0.05, 0.1) is 0 Å². The second kappa shape index (κ2) is 9.09. The summed E-state index contributed by atoms with van der Waals surface area (Å²) < 4.78 is 10.9. The molecule has 0 N–H and O–H groups in total. The van der Waals surface area contributed by atoms with E-state index in [0.717, 1.165) is 12.8 Å². The van der Waals surface area contributed by atoms with Gasteiger partial charge in [-0.05, 0) is 20.3 Å². The van der Waals surface area contributed by atoms with E-state index in [1.54, 1.807) is 6.08 Å². The summed E-state index contributed by atoms with van der Waals surface area (Å²) in [7, 11) is -1.44. The van der Waals surface area contributed by atoms with E-state index >= 15 is 0 Å². The number of carbonyl (C=O) groups excluding carboxylic acids is 1. The molecule has 0 bridgehead atoms. The van der Waals surface area contributed by atoms with Crippen LogP contribution in [-0.2, 0) is 13.6 Å². The molecule has 0 aromatic carbocycles. The zero-order valence-corrected chi connectivity index (χ0v) is 10.1. The van der Waals surface area contributed by atoms with Gasteiger partial charge in [-0.25, -0.2) is 9.79 Å². The van der Waals surface area contributed by atoms with E-state index in [1.807, 2.05) is 20.8 Å². The summed E-state index contributed by atoms with van der Waals surface area (Å²) in [5.41, 5.74) is -0.123. The van der Waals surface area contributed by atoms with Crippen LogP contribution in [0.25, 0.3) is 0 Å². The first kappa shape index (κ1) is 13.5. The highest BCUT2D eigenvalue weighted by Crippen LogP contribution is 2.08. The van der Waals surface area contributed by atoms with E-state index in [2.05, 4.69) is 4.99 Å². The number of hydrogen-bond acceptors (Lipinski definition) is 4. The Kier molecular flexibility index (Phi) is 8.77. The molecule has 0 saturated heterocycles. The van der Waals surface area contributed by atoms with E-state index < -0.39 is 9.28 Å². The average Bonchev–Trinajstić information content (AvgIpc) is 2.17. The highest BCUT2D eigenvalue weighted by atomic mass is 28.3. The van der Waals surface area contributed by atoms with Gasteiger partial charge < -0.3 is 8.85 Å². The third kappa shape index (κ3) is 5.29. The first-order chi connectivity index (χ1) is 6.79. The molecule has 0 amide bonds. The summed E-state index contributed by atoms with van der Waals surface area (Å²) in [5.74, 6) is 0. The minimum atomic E-state index is -1.44. The van der Waals surface area contributed by atoms with Crippen molar-refractivity contribution < 1.29 is 13.6 Å². The number of nitrogens with zero attached hydrogens (tertiary/aromatic N) is 1. The molecule has 0 aliphatic rings. The predicted molar refractivity (Wildman–Crippen MR) is 55.8 cm³/mol. The Morgan fingerprint density at radius 1 is 1.29 bits per heavy atom. The molecule has 1 unspecified atom stereocenters. The third-order valence-electron chi connectivity index (χ3n) is 1.62. The molecule has 1 atom stereocenters. The fourth-order valence-corrected chi connectivity index (χ4v) is 2.81. The van der Waals surface area contributed by atoms with Crippen LogP contribution in [0.2, 0.25) is 0 Å². The normalized spacial score (nSPS) is 12.6. The maximum absolute atomic E-state index is 10.2.